The first-order valence-corrected chi connectivity index (χ1v) is 8.21. The van der Waals surface area contributed by atoms with Crippen molar-refractivity contribution in [1.82, 2.24) is 14.5 Å². The predicted octanol–water partition coefficient (Wildman–Crippen LogP) is 3.94. The van der Waals surface area contributed by atoms with E-state index in [2.05, 4.69) is 44.9 Å². The van der Waals surface area contributed by atoms with Crippen LogP contribution in [0.1, 0.15) is 29.4 Å². The fourth-order valence-electron chi connectivity index (χ4n) is 3.01. The highest BCUT2D eigenvalue weighted by Gasteiger charge is 2.22. The zero-order valence-electron chi connectivity index (χ0n) is 13.4. The summed E-state index contributed by atoms with van der Waals surface area (Å²) in [5.74, 6) is 1.46. The van der Waals surface area contributed by atoms with Crippen LogP contribution in [0.5, 0.6) is 0 Å². The van der Waals surface area contributed by atoms with E-state index in [-0.39, 0.29) is 0 Å². The van der Waals surface area contributed by atoms with Crippen molar-refractivity contribution in [1.29, 1.82) is 0 Å². The molecular weight excluding hydrogens is 298 g/mol. The second-order valence-corrected chi connectivity index (χ2v) is 5.90. The van der Waals surface area contributed by atoms with Crippen molar-refractivity contribution in [2.24, 2.45) is 0 Å². The van der Waals surface area contributed by atoms with Crippen LogP contribution in [0, 0.1) is 0 Å². The summed E-state index contributed by atoms with van der Waals surface area (Å²) in [4.78, 5) is 8.87. The molecular formula is C20H19N3O. The molecule has 4 nitrogen and oxygen atoms in total. The van der Waals surface area contributed by atoms with E-state index in [9.17, 15) is 0 Å². The molecule has 1 fully saturated rings. The van der Waals surface area contributed by atoms with Gasteiger partial charge < -0.3 is 9.30 Å². The average Bonchev–Trinajstić information content (AvgIpc) is 3.32. The van der Waals surface area contributed by atoms with E-state index in [1.54, 1.807) is 6.20 Å². The summed E-state index contributed by atoms with van der Waals surface area (Å²) in [6, 6.07) is 14.4. The van der Waals surface area contributed by atoms with Crippen molar-refractivity contribution >= 4 is 12.2 Å². The second kappa shape index (κ2) is 6.81. The Labute approximate surface area is 141 Å². The maximum Gasteiger partial charge on any atom is 0.118 e. The SMILES string of the molecule is C(=C\c1ccccn1)/c1cccc(-n2ccnc2[C@H]2CCOC2)c1. The summed E-state index contributed by atoms with van der Waals surface area (Å²) >= 11 is 0. The molecule has 1 aromatic carbocycles. The van der Waals surface area contributed by atoms with E-state index >= 15 is 0 Å². The van der Waals surface area contributed by atoms with Crippen LogP contribution < -0.4 is 0 Å². The number of benzene rings is 1. The molecule has 0 radical (unpaired) electrons. The summed E-state index contributed by atoms with van der Waals surface area (Å²) in [6.07, 6.45) is 10.8. The maximum absolute atomic E-state index is 5.51. The molecule has 1 aliphatic rings. The largest absolute Gasteiger partial charge is 0.381 e. The Bertz CT molecular complexity index is 833. The van der Waals surface area contributed by atoms with E-state index in [1.165, 1.54) is 0 Å². The third-order valence-corrected chi connectivity index (χ3v) is 4.25. The highest BCUT2D eigenvalue weighted by molar-refractivity contribution is 5.69. The standard InChI is InChI=1S/C20H19N3O/c1-2-10-21-18(5-1)8-7-16-4-3-6-19(14-16)23-12-11-22-20(23)17-9-13-24-15-17/h1-8,10-12,14,17H,9,13,15H2/b8-7+/t17-/m0/s1. The number of hydrogen-bond acceptors (Lipinski definition) is 3. The predicted molar refractivity (Wildman–Crippen MR) is 94.9 cm³/mol. The maximum atomic E-state index is 5.51. The molecule has 0 unspecified atom stereocenters. The molecule has 4 rings (SSSR count). The highest BCUT2D eigenvalue weighted by atomic mass is 16.5. The van der Waals surface area contributed by atoms with Gasteiger partial charge in [0.1, 0.15) is 5.82 Å². The molecule has 120 valence electrons. The van der Waals surface area contributed by atoms with E-state index in [0.717, 1.165) is 42.4 Å². The van der Waals surface area contributed by atoms with Crippen LogP contribution >= 0.6 is 0 Å². The molecule has 0 N–H and O–H groups in total. The van der Waals surface area contributed by atoms with Gasteiger partial charge in [0.2, 0.25) is 0 Å². The molecule has 1 atom stereocenters. The minimum atomic E-state index is 0.382. The van der Waals surface area contributed by atoms with Crippen LogP contribution in [0.4, 0.5) is 0 Å². The van der Waals surface area contributed by atoms with Gasteiger partial charge in [-0.15, -0.1) is 0 Å². The van der Waals surface area contributed by atoms with Gasteiger partial charge in [-0.3, -0.25) is 4.98 Å². The fourth-order valence-corrected chi connectivity index (χ4v) is 3.01. The van der Waals surface area contributed by atoms with E-state index in [1.807, 2.05) is 36.7 Å². The van der Waals surface area contributed by atoms with Crippen molar-refractivity contribution < 1.29 is 4.74 Å². The smallest absolute Gasteiger partial charge is 0.118 e. The van der Waals surface area contributed by atoms with E-state index in [4.69, 9.17) is 4.74 Å². The van der Waals surface area contributed by atoms with Crippen LogP contribution in [0.3, 0.4) is 0 Å². The topological polar surface area (TPSA) is 39.9 Å². The van der Waals surface area contributed by atoms with Gasteiger partial charge in [0.25, 0.3) is 0 Å². The highest BCUT2D eigenvalue weighted by Crippen LogP contribution is 2.26. The first kappa shape index (κ1) is 14.8. The van der Waals surface area contributed by atoms with Gasteiger partial charge in [0, 0.05) is 36.8 Å². The molecule has 0 saturated carbocycles. The Hall–Kier alpha value is -2.72. The monoisotopic (exact) mass is 317 g/mol. The number of rotatable bonds is 4. The first-order valence-electron chi connectivity index (χ1n) is 8.21. The van der Waals surface area contributed by atoms with E-state index < -0.39 is 0 Å². The molecule has 0 bridgehead atoms. The van der Waals surface area contributed by atoms with Gasteiger partial charge >= 0.3 is 0 Å². The second-order valence-electron chi connectivity index (χ2n) is 5.90. The number of aromatic nitrogens is 3. The fraction of sp³-hybridized carbons (Fsp3) is 0.200. The molecule has 1 aliphatic heterocycles. The van der Waals surface area contributed by atoms with Gasteiger partial charge in [-0.25, -0.2) is 4.98 Å². The molecule has 0 spiro atoms. The van der Waals surface area contributed by atoms with Crippen LogP contribution in [0.2, 0.25) is 0 Å². The van der Waals surface area contributed by atoms with Crippen LogP contribution in [-0.4, -0.2) is 27.7 Å². The van der Waals surface area contributed by atoms with Gasteiger partial charge in [-0.05, 0) is 42.3 Å². The Kier molecular flexibility index (Phi) is 4.21. The average molecular weight is 317 g/mol. The molecule has 3 heterocycles. The lowest BCUT2D eigenvalue weighted by Gasteiger charge is -2.12. The molecule has 0 aliphatic carbocycles. The number of hydrogen-bond donors (Lipinski definition) is 0. The minimum absolute atomic E-state index is 0.382. The third kappa shape index (κ3) is 3.14. The van der Waals surface area contributed by atoms with Crippen molar-refractivity contribution in [2.75, 3.05) is 13.2 Å². The number of ether oxygens (including phenoxy) is 1. The molecule has 1 saturated heterocycles. The summed E-state index contributed by atoms with van der Waals surface area (Å²) in [5.41, 5.74) is 3.22. The lowest BCUT2D eigenvalue weighted by molar-refractivity contribution is 0.193. The summed E-state index contributed by atoms with van der Waals surface area (Å²) in [7, 11) is 0. The Morgan fingerprint density at radius 2 is 2.04 bits per heavy atom. The Morgan fingerprint density at radius 3 is 2.88 bits per heavy atom. The quantitative estimate of drug-likeness (QED) is 0.731. The lowest BCUT2D eigenvalue weighted by Crippen LogP contribution is -2.07. The number of nitrogens with zero attached hydrogens (tertiary/aromatic N) is 3. The number of imidazole rings is 1. The number of pyridine rings is 1. The molecule has 24 heavy (non-hydrogen) atoms. The van der Waals surface area contributed by atoms with Gasteiger partial charge in [0.15, 0.2) is 0 Å². The van der Waals surface area contributed by atoms with Crippen LogP contribution in [-0.2, 0) is 4.74 Å². The van der Waals surface area contributed by atoms with E-state index in [0.29, 0.717) is 5.92 Å². The third-order valence-electron chi connectivity index (χ3n) is 4.25. The Morgan fingerprint density at radius 1 is 1.04 bits per heavy atom. The summed E-state index contributed by atoms with van der Waals surface area (Å²) < 4.78 is 7.68. The first-order chi connectivity index (χ1) is 11.9. The van der Waals surface area contributed by atoms with Gasteiger partial charge in [-0.1, -0.05) is 24.3 Å². The molecule has 2 aromatic heterocycles. The zero-order chi connectivity index (χ0) is 16.2. The van der Waals surface area contributed by atoms with Gasteiger partial charge in [0.05, 0.1) is 12.3 Å². The molecule has 0 amide bonds. The van der Waals surface area contributed by atoms with Crippen LogP contribution in [0.15, 0.2) is 61.1 Å². The van der Waals surface area contributed by atoms with Crippen LogP contribution in [0.25, 0.3) is 17.8 Å². The Balaban J connectivity index is 1.61. The normalized spacial score (nSPS) is 17.6. The van der Waals surface area contributed by atoms with Crippen molar-refractivity contribution in [3.63, 3.8) is 0 Å². The van der Waals surface area contributed by atoms with Crippen molar-refractivity contribution in [3.8, 4) is 5.69 Å². The summed E-state index contributed by atoms with van der Waals surface area (Å²) in [5, 5.41) is 0. The minimum Gasteiger partial charge on any atom is -0.381 e. The zero-order valence-corrected chi connectivity index (χ0v) is 13.4. The molecule has 4 heteroatoms. The molecule has 3 aromatic rings. The van der Waals surface area contributed by atoms with Crippen molar-refractivity contribution in [2.45, 2.75) is 12.3 Å². The van der Waals surface area contributed by atoms with Gasteiger partial charge in [-0.2, -0.15) is 0 Å². The van der Waals surface area contributed by atoms with Crippen molar-refractivity contribution in [3.05, 3.63) is 78.1 Å². The lowest BCUT2D eigenvalue weighted by atomic mass is 10.1. The summed E-state index contributed by atoms with van der Waals surface area (Å²) in [6.45, 7) is 1.58.